The Labute approximate surface area is 170 Å². The molecule has 0 spiro atoms. The van der Waals surface area contributed by atoms with E-state index in [1.807, 2.05) is 37.3 Å². The molecule has 2 heterocycles. The van der Waals surface area contributed by atoms with Crippen molar-refractivity contribution in [2.45, 2.75) is 6.92 Å². The summed E-state index contributed by atoms with van der Waals surface area (Å²) in [7, 11) is 0. The fraction of sp³-hybridized carbons (Fsp3) is 0.0476. The number of aromatic nitrogens is 3. The van der Waals surface area contributed by atoms with Crippen molar-refractivity contribution in [3.8, 4) is 11.9 Å². The lowest BCUT2D eigenvalue weighted by atomic mass is 10.1. The molecule has 6 nitrogen and oxygen atoms in total. The van der Waals surface area contributed by atoms with Crippen LogP contribution in [0.25, 0.3) is 16.7 Å². The maximum atomic E-state index is 14.1. The molecular weight excluding hydrogens is 393 g/mol. The largest absolute Gasteiger partial charge is 0.305 e. The molecule has 0 saturated carbocycles. The third-order valence-electron chi connectivity index (χ3n) is 4.44. The Hall–Kier alpha value is -3.76. The molecule has 1 N–H and O–H groups in total. The molecule has 4 aromatic rings. The SMILES string of the molecule is Cc1cc(-n2ncc(C#N)c2NC(=O)c2c(F)cccc2Cl)nc2ccccc12. The van der Waals surface area contributed by atoms with Gasteiger partial charge in [-0.05, 0) is 36.8 Å². The molecule has 0 radical (unpaired) electrons. The van der Waals surface area contributed by atoms with Crippen LogP contribution in [0, 0.1) is 24.1 Å². The van der Waals surface area contributed by atoms with Crippen LogP contribution in [-0.4, -0.2) is 20.7 Å². The number of amides is 1. The average molecular weight is 406 g/mol. The molecule has 2 aromatic carbocycles. The molecule has 8 heteroatoms. The highest BCUT2D eigenvalue weighted by molar-refractivity contribution is 6.34. The minimum atomic E-state index is -0.788. The predicted octanol–water partition coefficient (Wildman–Crippen LogP) is 4.65. The maximum Gasteiger partial charge on any atom is 0.261 e. The number of nitriles is 1. The Balaban J connectivity index is 1.81. The molecular formula is C21H13ClFN5O. The van der Waals surface area contributed by atoms with Gasteiger partial charge in [0, 0.05) is 5.39 Å². The molecule has 0 unspecified atom stereocenters. The predicted molar refractivity (Wildman–Crippen MR) is 108 cm³/mol. The molecule has 29 heavy (non-hydrogen) atoms. The first-order valence-electron chi connectivity index (χ1n) is 8.60. The van der Waals surface area contributed by atoms with Crippen LogP contribution in [0.1, 0.15) is 21.5 Å². The zero-order valence-corrected chi connectivity index (χ0v) is 15.9. The quantitative estimate of drug-likeness (QED) is 0.538. The molecule has 1 amide bonds. The normalized spacial score (nSPS) is 10.7. The van der Waals surface area contributed by atoms with E-state index in [9.17, 15) is 14.4 Å². The number of aryl methyl sites for hydroxylation is 1. The number of carbonyl (C=O) groups excluding carboxylic acids is 1. The maximum absolute atomic E-state index is 14.1. The first kappa shape index (κ1) is 18.6. The minimum Gasteiger partial charge on any atom is -0.305 e. The van der Waals surface area contributed by atoms with Crippen molar-refractivity contribution < 1.29 is 9.18 Å². The van der Waals surface area contributed by atoms with Crippen molar-refractivity contribution >= 4 is 34.2 Å². The Morgan fingerprint density at radius 1 is 1.24 bits per heavy atom. The average Bonchev–Trinajstić information content (AvgIpc) is 3.10. The van der Waals surface area contributed by atoms with E-state index in [4.69, 9.17) is 11.6 Å². The van der Waals surface area contributed by atoms with E-state index in [1.165, 1.54) is 23.0 Å². The van der Waals surface area contributed by atoms with Gasteiger partial charge in [0.05, 0.1) is 22.3 Å². The van der Waals surface area contributed by atoms with E-state index in [0.29, 0.717) is 5.82 Å². The van der Waals surface area contributed by atoms with Crippen molar-refractivity contribution in [3.05, 3.63) is 82.3 Å². The topological polar surface area (TPSA) is 83.6 Å². The number of nitrogens with one attached hydrogen (secondary N) is 1. The van der Waals surface area contributed by atoms with E-state index in [-0.39, 0.29) is 22.0 Å². The van der Waals surface area contributed by atoms with Gasteiger partial charge in [0.1, 0.15) is 17.4 Å². The summed E-state index contributed by atoms with van der Waals surface area (Å²) in [4.78, 5) is 17.2. The van der Waals surface area contributed by atoms with E-state index in [0.717, 1.165) is 22.5 Å². The van der Waals surface area contributed by atoms with Gasteiger partial charge < -0.3 is 5.32 Å². The number of hydrogen-bond acceptors (Lipinski definition) is 4. The fourth-order valence-electron chi connectivity index (χ4n) is 3.05. The molecule has 142 valence electrons. The Kier molecular flexibility index (Phi) is 4.71. The zero-order chi connectivity index (χ0) is 20.5. The summed E-state index contributed by atoms with van der Waals surface area (Å²) in [5, 5.41) is 17.1. The number of carbonyl (C=O) groups is 1. The number of fused-ring (bicyclic) bond motifs is 1. The Bertz CT molecular complexity index is 1290. The molecule has 0 atom stereocenters. The molecule has 0 fully saturated rings. The lowest BCUT2D eigenvalue weighted by Crippen LogP contribution is -2.18. The van der Waals surface area contributed by atoms with Crippen LogP contribution >= 0.6 is 11.6 Å². The lowest BCUT2D eigenvalue weighted by Gasteiger charge is -2.12. The van der Waals surface area contributed by atoms with E-state index >= 15 is 0 Å². The number of rotatable bonds is 3. The lowest BCUT2D eigenvalue weighted by molar-refractivity contribution is 0.102. The molecule has 0 aliphatic rings. The van der Waals surface area contributed by atoms with Crippen molar-refractivity contribution in [1.82, 2.24) is 14.8 Å². The third kappa shape index (κ3) is 3.30. The van der Waals surface area contributed by atoms with Crippen LogP contribution in [0.15, 0.2) is 54.7 Å². The standard InChI is InChI=1S/C21H13ClFN5O/c1-12-9-18(26-17-8-3-2-5-14(12)17)28-20(13(10-24)11-25-28)27-21(29)19-15(22)6-4-7-16(19)23/h2-9,11H,1H3,(H,27,29). The second kappa shape index (κ2) is 7.34. The summed E-state index contributed by atoms with van der Waals surface area (Å²) in [6.07, 6.45) is 1.31. The van der Waals surface area contributed by atoms with Gasteiger partial charge in [0.15, 0.2) is 11.6 Å². The zero-order valence-electron chi connectivity index (χ0n) is 15.1. The number of nitrogens with zero attached hydrogens (tertiary/aromatic N) is 4. The van der Waals surface area contributed by atoms with Gasteiger partial charge in [0.25, 0.3) is 5.91 Å². The van der Waals surface area contributed by atoms with Gasteiger partial charge in [-0.2, -0.15) is 15.0 Å². The molecule has 0 aliphatic heterocycles. The number of para-hydroxylation sites is 1. The van der Waals surface area contributed by atoms with Gasteiger partial charge >= 0.3 is 0 Å². The number of pyridine rings is 1. The fourth-order valence-corrected chi connectivity index (χ4v) is 3.30. The van der Waals surface area contributed by atoms with E-state index in [2.05, 4.69) is 15.4 Å². The molecule has 0 aliphatic carbocycles. The van der Waals surface area contributed by atoms with Gasteiger partial charge in [-0.3, -0.25) is 4.79 Å². The van der Waals surface area contributed by atoms with E-state index in [1.54, 1.807) is 6.07 Å². The number of anilines is 1. The summed E-state index contributed by atoms with van der Waals surface area (Å²) < 4.78 is 15.5. The molecule has 4 rings (SSSR count). The van der Waals surface area contributed by atoms with Gasteiger partial charge in [-0.15, -0.1) is 0 Å². The van der Waals surface area contributed by atoms with Crippen LogP contribution in [0.2, 0.25) is 5.02 Å². The second-order valence-electron chi connectivity index (χ2n) is 6.30. The summed E-state index contributed by atoms with van der Waals surface area (Å²) in [6, 6.07) is 15.3. The molecule has 0 bridgehead atoms. The summed E-state index contributed by atoms with van der Waals surface area (Å²) >= 11 is 5.98. The van der Waals surface area contributed by atoms with Crippen molar-refractivity contribution in [1.29, 1.82) is 5.26 Å². The van der Waals surface area contributed by atoms with Crippen molar-refractivity contribution in [2.75, 3.05) is 5.32 Å². The second-order valence-corrected chi connectivity index (χ2v) is 6.70. The Morgan fingerprint density at radius 3 is 2.79 bits per heavy atom. The van der Waals surface area contributed by atoms with Gasteiger partial charge in [-0.1, -0.05) is 35.9 Å². The smallest absolute Gasteiger partial charge is 0.261 e. The highest BCUT2D eigenvalue weighted by Crippen LogP contribution is 2.25. The van der Waals surface area contributed by atoms with Crippen molar-refractivity contribution in [3.63, 3.8) is 0 Å². The van der Waals surface area contributed by atoms with Crippen LogP contribution in [0.4, 0.5) is 10.2 Å². The van der Waals surface area contributed by atoms with Gasteiger partial charge in [-0.25, -0.2) is 9.37 Å². The highest BCUT2D eigenvalue weighted by atomic mass is 35.5. The van der Waals surface area contributed by atoms with Crippen molar-refractivity contribution in [2.24, 2.45) is 0 Å². The number of halogens is 2. The van der Waals surface area contributed by atoms with Gasteiger partial charge in [0.2, 0.25) is 0 Å². The minimum absolute atomic E-state index is 0.0354. The first-order valence-corrected chi connectivity index (χ1v) is 8.97. The number of hydrogen-bond donors (Lipinski definition) is 1. The third-order valence-corrected chi connectivity index (χ3v) is 4.75. The molecule has 0 saturated heterocycles. The van der Waals surface area contributed by atoms with Crippen LogP contribution < -0.4 is 5.32 Å². The van der Waals surface area contributed by atoms with Crippen LogP contribution in [-0.2, 0) is 0 Å². The van der Waals surface area contributed by atoms with E-state index < -0.39 is 11.7 Å². The highest BCUT2D eigenvalue weighted by Gasteiger charge is 2.21. The van der Waals surface area contributed by atoms with Crippen LogP contribution in [0.3, 0.4) is 0 Å². The number of benzene rings is 2. The monoisotopic (exact) mass is 405 g/mol. The Morgan fingerprint density at radius 2 is 2.03 bits per heavy atom. The summed E-state index contributed by atoms with van der Waals surface area (Å²) in [5.74, 6) is -1.06. The molecule has 2 aromatic heterocycles. The summed E-state index contributed by atoms with van der Waals surface area (Å²) in [6.45, 7) is 1.93. The summed E-state index contributed by atoms with van der Waals surface area (Å²) in [5.41, 5.74) is 1.49. The van der Waals surface area contributed by atoms with Crippen LogP contribution in [0.5, 0.6) is 0 Å². The first-order chi connectivity index (χ1) is 14.0.